The van der Waals surface area contributed by atoms with Crippen LogP contribution < -0.4 is 10.2 Å². The third-order valence-corrected chi connectivity index (χ3v) is 4.97. The number of nitrogens with zero attached hydrogens (tertiary/aromatic N) is 3. The van der Waals surface area contributed by atoms with E-state index in [1.807, 2.05) is 24.3 Å². The van der Waals surface area contributed by atoms with Crippen molar-refractivity contribution >= 4 is 40.2 Å². The molecule has 5 nitrogen and oxygen atoms in total. The lowest BCUT2D eigenvalue weighted by atomic mass is 10.1. The molecule has 1 aliphatic heterocycles. The molecule has 2 aromatic carbocycles. The number of halogens is 2. The van der Waals surface area contributed by atoms with E-state index in [1.54, 1.807) is 6.07 Å². The van der Waals surface area contributed by atoms with Crippen LogP contribution in [0.5, 0.6) is 0 Å². The van der Waals surface area contributed by atoms with Crippen LogP contribution in [0.2, 0.25) is 5.02 Å². The van der Waals surface area contributed by atoms with Crippen LogP contribution in [0.4, 0.5) is 16.0 Å². The van der Waals surface area contributed by atoms with Crippen molar-refractivity contribution in [3.8, 4) is 0 Å². The van der Waals surface area contributed by atoms with Gasteiger partial charge in [0.2, 0.25) is 5.91 Å². The van der Waals surface area contributed by atoms with Crippen molar-refractivity contribution in [3.63, 3.8) is 0 Å². The summed E-state index contributed by atoms with van der Waals surface area (Å²) in [6.45, 7) is 1.74. The Bertz CT molecular complexity index is 984. The molecule has 1 N–H and O–H groups in total. The molecule has 0 saturated carbocycles. The number of carbonyl (C=O) groups is 1. The summed E-state index contributed by atoms with van der Waals surface area (Å²) in [5, 5.41) is 3.03. The molecule has 3 aromatic rings. The SMILES string of the molecule is O=C(Cc1c(F)cccc1Cl)Nc1nc2ccccc2nc1N1CCCC1. The number of carbonyl (C=O) groups excluding carboxylic acids is 1. The summed E-state index contributed by atoms with van der Waals surface area (Å²) in [5.41, 5.74) is 1.64. The highest BCUT2D eigenvalue weighted by Gasteiger charge is 2.21. The molecule has 0 bridgehead atoms. The second-order valence-electron chi connectivity index (χ2n) is 6.50. The topological polar surface area (TPSA) is 58.1 Å². The van der Waals surface area contributed by atoms with Crippen molar-refractivity contribution in [2.75, 3.05) is 23.3 Å². The quantitative estimate of drug-likeness (QED) is 0.732. The fourth-order valence-electron chi connectivity index (χ4n) is 3.26. The summed E-state index contributed by atoms with van der Waals surface area (Å²) >= 11 is 6.03. The minimum absolute atomic E-state index is 0.167. The number of benzene rings is 2. The van der Waals surface area contributed by atoms with Gasteiger partial charge >= 0.3 is 0 Å². The predicted molar refractivity (Wildman–Crippen MR) is 105 cm³/mol. The van der Waals surface area contributed by atoms with Crippen molar-refractivity contribution in [1.82, 2.24) is 9.97 Å². The minimum Gasteiger partial charge on any atom is -0.354 e. The smallest absolute Gasteiger partial charge is 0.230 e. The van der Waals surface area contributed by atoms with Crippen molar-refractivity contribution in [2.24, 2.45) is 0 Å². The third-order valence-electron chi connectivity index (χ3n) is 4.61. The van der Waals surface area contributed by atoms with Crippen LogP contribution in [-0.4, -0.2) is 29.0 Å². The van der Waals surface area contributed by atoms with Gasteiger partial charge in [0.1, 0.15) is 5.82 Å². The van der Waals surface area contributed by atoms with Crippen LogP contribution in [0.25, 0.3) is 11.0 Å². The molecule has 0 radical (unpaired) electrons. The molecule has 1 fully saturated rings. The van der Waals surface area contributed by atoms with E-state index in [2.05, 4.69) is 15.2 Å². The minimum atomic E-state index is -0.498. The van der Waals surface area contributed by atoms with E-state index in [1.165, 1.54) is 12.1 Å². The fourth-order valence-corrected chi connectivity index (χ4v) is 3.49. The van der Waals surface area contributed by atoms with Gasteiger partial charge in [-0.1, -0.05) is 29.8 Å². The first-order chi connectivity index (χ1) is 13.1. The first-order valence-corrected chi connectivity index (χ1v) is 9.24. The Kier molecular flexibility index (Phi) is 4.90. The van der Waals surface area contributed by atoms with Crippen molar-refractivity contribution < 1.29 is 9.18 Å². The van der Waals surface area contributed by atoms with Crippen LogP contribution in [-0.2, 0) is 11.2 Å². The molecule has 0 spiro atoms. The maximum Gasteiger partial charge on any atom is 0.230 e. The maximum absolute atomic E-state index is 14.0. The largest absolute Gasteiger partial charge is 0.354 e. The summed E-state index contributed by atoms with van der Waals surface area (Å²) in [6, 6.07) is 11.9. The molecule has 27 heavy (non-hydrogen) atoms. The number of hydrogen-bond acceptors (Lipinski definition) is 4. The zero-order valence-electron chi connectivity index (χ0n) is 14.6. The molecule has 1 amide bonds. The van der Waals surface area contributed by atoms with E-state index in [9.17, 15) is 9.18 Å². The molecule has 4 rings (SSSR count). The van der Waals surface area contributed by atoms with Gasteiger partial charge in [0.15, 0.2) is 11.6 Å². The maximum atomic E-state index is 14.0. The molecule has 1 aromatic heterocycles. The third kappa shape index (κ3) is 3.71. The van der Waals surface area contributed by atoms with E-state index in [0.29, 0.717) is 17.2 Å². The van der Waals surface area contributed by atoms with Crippen LogP contribution in [0.3, 0.4) is 0 Å². The fraction of sp³-hybridized carbons (Fsp3) is 0.250. The summed E-state index contributed by atoms with van der Waals surface area (Å²) in [7, 11) is 0. The van der Waals surface area contributed by atoms with Gasteiger partial charge in [-0.25, -0.2) is 14.4 Å². The summed E-state index contributed by atoms with van der Waals surface area (Å²) < 4.78 is 14.0. The number of aromatic nitrogens is 2. The Morgan fingerprint density at radius 3 is 2.48 bits per heavy atom. The summed E-state index contributed by atoms with van der Waals surface area (Å²) in [6.07, 6.45) is 1.99. The lowest BCUT2D eigenvalue weighted by molar-refractivity contribution is -0.115. The molecule has 1 saturated heterocycles. The molecule has 0 unspecified atom stereocenters. The molecule has 1 aliphatic rings. The van der Waals surface area contributed by atoms with Gasteiger partial charge < -0.3 is 10.2 Å². The Balaban J connectivity index is 1.65. The number of anilines is 2. The molecule has 138 valence electrons. The second-order valence-corrected chi connectivity index (χ2v) is 6.91. The average molecular weight is 385 g/mol. The average Bonchev–Trinajstić information content (AvgIpc) is 3.19. The van der Waals surface area contributed by atoms with Crippen LogP contribution in [0.1, 0.15) is 18.4 Å². The Morgan fingerprint density at radius 1 is 1.07 bits per heavy atom. The highest BCUT2D eigenvalue weighted by molar-refractivity contribution is 6.31. The lowest BCUT2D eigenvalue weighted by Crippen LogP contribution is -2.24. The highest BCUT2D eigenvalue weighted by Crippen LogP contribution is 2.28. The zero-order valence-corrected chi connectivity index (χ0v) is 15.3. The standard InChI is InChI=1S/C20H18ClFN4O/c21-14-6-5-7-15(22)13(14)12-18(27)25-19-20(26-10-3-4-11-26)24-17-9-2-1-8-16(17)23-19/h1-2,5-9H,3-4,10-12H2,(H,23,25,27). The van der Waals surface area contributed by atoms with Crippen LogP contribution >= 0.6 is 11.6 Å². The second kappa shape index (κ2) is 7.48. The Morgan fingerprint density at radius 2 is 1.78 bits per heavy atom. The van der Waals surface area contributed by atoms with Gasteiger partial charge in [0, 0.05) is 23.7 Å². The first kappa shape index (κ1) is 17.7. The molecule has 2 heterocycles. The number of rotatable bonds is 4. The molecular formula is C20H18ClFN4O. The number of fused-ring (bicyclic) bond motifs is 1. The highest BCUT2D eigenvalue weighted by atomic mass is 35.5. The Hall–Kier alpha value is -2.73. The van der Waals surface area contributed by atoms with E-state index >= 15 is 0 Å². The van der Waals surface area contributed by atoms with E-state index in [4.69, 9.17) is 16.6 Å². The molecular weight excluding hydrogens is 367 g/mol. The first-order valence-electron chi connectivity index (χ1n) is 8.86. The van der Waals surface area contributed by atoms with Crippen molar-refractivity contribution in [3.05, 3.63) is 58.9 Å². The number of hydrogen-bond donors (Lipinski definition) is 1. The van der Waals surface area contributed by atoms with Gasteiger partial charge in [0.05, 0.1) is 17.5 Å². The van der Waals surface area contributed by atoms with Gasteiger partial charge in [-0.15, -0.1) is 0 Å². The molecule has 7 heteroatoms. The van der Waals surface area contributed by atoms with Gasteiger partial charge in [0.25, 0.3) is 0 Å². The molecule has 0 atom stereocenters. The van der Waals surface area contributed by atoms with E-state index < -0.39 is 5.82 Å². The normalized spacial score (nSPS) is 13.9. The number of nitrogens with one attached hydrogen (secondary N) is 1. The Labute approximate surface area is 161 Å². The molecule has 0 aliphatic carbocycles. The number of amides is 1. The van der Waals surface area contributed by atoms with Gasteiger partial charge in [-0.05, 0) is 37.1 Å². The summed E-state index contributed by atoms with van der Waals surface area (Å²) in [4.78, 5) is 24.0. The van der Waals surface area contributed by atoms with Gasteiger partial charge in [-0.2, -0.15) is 0 Å². The van der Waals surface area contributed by atoms with E-state index in [-0.39, 0.29) is 22.9 Å². The van der Waals surface area contributed by atoms with Gasteiger partial charge in [-0.3, -0.25) is 4.79 Å². The van der Waals surface area contributed by atoms with Crippen LogP contribution in [0.15, 0.2) is 42.5 Å². The predicted octanol–water partition coefficient (Wildman–Crippen LogP) is 4.20. The van der Waals surface area contributed by atoms with Crippen molar-refractivity contribution in [2.45, 2.75) is 19.3 Å². The number of para-hydroxylation sites is 2. The zero-order chi connectivity index (χ0) is 18.8. The van der Waals surface area contributed by atoms with Crippen molar-refractivity contribution in [1.29, 1.82) is 0 Å². The van der Waals surface area contributed by atoms with Crippen LogP contribution in [0, 0.1) is 5.82 Å². The monoisotopic (exact) mass is 384 g/mol. The van der Waals surface area contributed by atoms with E-state index in [0.717, 1.165) is 31.4 Å². The summed E-state index contributed by atoms with van der Waals surface area (Å²) in [5.74, 6) is 0.168. The lowest BCUT2D eigenvalue weighted by Gasteiger charge is -2.20.